The summed E-state index contributed by atoms with van der Waals surface area (Å²) in [7, 11) is -1.52. The summed E-state index contributed by atoms with van der Waals surface area (Å²) < 4.78 is 92.4. The van der Waals surface area contributed by atoms with Gasteiger partial charge in [-0.15, -0.1) is 4.21 Å². The van der Waals surface area contributed by atoms with Crippen LogP contribution in [0.3, 0.4) is 0 Å². The Kier molecular flexibility index (Phi) is 6.44. The molecular formula is C23H20F6N3O2S+. The van der Waals surface area contributed by atoms with Crippen LogP contribution in [-0.2, 0) is 31.8 Å². The van der Waals surface area contributed by atoms with Gasteiger partial charge in [-0.2, -0.15) is 31.6 Å². The molecule has 2 N–H and O–H groups in total. The van der Waals surface area contributed by atoms with Gasteiger partial charge in [-0.3, -0.25) is 10.1 Å². The monoisotopic (exact) mass is 516 g/mol. The lowest BCUT2D eigenvalue weighted by atomic mass is 9.80. The number of nitrogens with zero attached hydrogens (tertiary/aromatic N) is 1. The van der Waals surface area contributed by atoms with E-state index in [1.165, 1.54) is 0 Å². The van der Waals surface area contributed by atoms with Crippen molar-refractivity contribution in [3.05, 3.63) is 59.2 Å². The second kappa shape index (κ2) is 8.95. The lowest BCUT2D eigenvalue weighted by Crippen LogP contribution is -2.52. The molecule has 1 aliphatic carbocycles. The highest BCUT2D eigenvalue weighted by Gasteiger charge is 2.72. The predicted molar refractivity (Wildman–Crippen MR) is 116 cm³/mol. The van der Waals surface area contributed by atoms with E-state index in [2.05, 4.69) is 10.6 Å². The summed E-state index contributed by atoms with van der Waals surface area (Å²) in [6, 6.07) is 7.61. The first-order valence-electron chi connectivity index (χ1n) is 10.6. The standard InChI is InChI=1S/C23H19F6N3O2S/c24-22(25,26)21(12-30,23(27,28)29)15-3-5-16(6-4-15)32-20(33)19-18-8-7-17(9-14(18)10-31-19)35(34)11-13-1-2-13/h3-9,13,19,31H,1-2,10-11H2,(H,32,33)/p+1. The van der Waals surface area contributed by atoms with E-state index in [1.807, 2.05) is 0 Å². The number of hydrogen-bond donors (Lipinski definition) is 2. The average molecular weight is 516 g/mol. The minimum Gasteiger partial charge on any atom is -0.324 e. The van der Waals surface area contributed by atoms with Gasteiger partial charge in [0.05, 0.1) is 6.07 Å². The molecular weight excluding hydrogens is 496 g/mol. The maximum absolute atomic E-state index is 13.3. The van der Waals surface area contributed by atoms with E-state index in [9.17, 15) is 35.3 Å². The molecule has 2 aromatic carbocycles. The Balaban J connectivity index is 1.50. The molecule has 0 saturated heterocycles. The first kappa shape index (κ1) is 25.2. The fraction of sp³-hybridized carbons (Fsp3) is 0.391. The molecule has 35 heavy (non-hydrogen) atoms. The molecule has 1 saturated carbocycles. The Hall–Kier alpha value is -2.91. The summed E-state index contributed by atoms with van der Waals surface area (Å²) in [5, 5.41) is 14.3. The van der Waals surface area contributed by atoms with E-state index in [0.717, 1.165) is 30.5 Å². The number of carbonyl (C=O) groups is 1. The minimum absolute atomic E-state index is 0.0330. The summed E-state index contributed by atoms with van der Waals surface area (Å²) in [6.07, 6.45) is -9.63. The van der Waals surface area contributed by atoms with Crippen LogP contribution in [0.4, 0.5) is 32.0 Å². The number of hydrogen-bond acceptors (Lipinski definition) is 4. The maximum atomic E-state index is 13.3. The molecule has 1 heterocycles. The molecule has 5 nitrogen and oxygen atoms in total. The van der Waals surface area contributed by atoms with Crippen LogP contribution in [-0.4, -0.2) is 24.0 Å². The molecule has 1 amide bonds. The first-order chi connectivity index (χ1) is 16.4. The number of rotatable bonds is 6. The van der Waals surface area contributed by atoms with Gasteiger partial charge in [-0.1, -0.05) is 18.2 Å². The van der Waals surface area contributed by atoms with Crippen molar-refractivity contribution < 1.29 is 35.3 Å². The van der Waals surface area contributed by atoms with Crippen molar-refractivity contribution in [3.63, 3.8) is 0 Å². The second-order valence-electron chi connectivity index (χ2n) is 8.63. The summed E-state index contributed by atoms with van der Waals surface area (Å²) in [6.45, 7) is 0.342. The molecule has 186 valence electrons. The molecule has 2 atom stereocenters. The van der Waals surface area contributed by atoms with Crippen molar-refractivity contribution in [3.8, 4) is 6.07 Å². The lowest BCUT2D eigenvalue weighted by Gasteiger charge is -2.31. The van der Waals surface area contributed by atoms with Gasteiger partial charge in [0.25, 0.3) is 5.41 Å². The number of fused-ring (bicyclic) bond motifs is 1. The fourth-order valence-corrected chi connectivity index (χ4v) is 5.66. The number of benzene rings is 2. The lowest BCUT2D eigenvalue weighted by molar-refractivity contribution is -0.283. The Labute approximate surface area is 199 Å². The Morgan fingerprint density at radius 1 is 1.06 bits per heavy atom. The van der Waals surface area contributed by atoms with Gasteiger partial charge in [0.2, 0.25) is 5.91 Å². The van der Waals surface area contributed by atoms with Crippen LogP contribution >= 0.6 is 0 Å². The number of amides is 1. The molecule has 2 aromatic rings. The highest BCUT2D eigenvalue weighted by Crippen LogP contribution is 2.51. The van der Waals surface area contributed by atoms with Gasteiger partial charge >= 0.3 is 12.4 Å². The zero-order valence-corrected chi connectivity index (χ0v) is 18.9. The Morgan fingerprint density at radius 2 is 1.69 bits per heavy atom. The molecule has 0 radical (unpaired) electrons. The molecule has 0 bridgehead atoms. The SMILES string of the molecule is N#CC(c1ccc(NC(=O)C2NCc3cc([SH+](=O)CC4CC4)ccc32)cc1)(C(F)(F)F)C(F)(F)F. The van der Waals surface area contributed by atoms with E-state index >= 15 is 0 Å². The minimum atomic E-state index is -5.90. The fourth-order valence-electron chi connectivity index (χ4n) is 4.08. The molecule has 0 aromatic heterocycles. The van der Waals surface area contributed by atoms with Crippen LogP contribution in [0.5, 0.6) is 0 Å². The van der Waals surface area contributed by atoms with Crippen molar-refractivity contribution in [2.45, 2.75) is 48.1 Å². The van der Waals surface area contributed by atoms with Crippen LogP contribution in [0.15, 0.2) is 47.4 Å². The number of anilines is 1. The van der Waals surface area contributed by atoms with Crippen molar-refractivity contribution in [2.24, 2.45) is 5.92 Å². The summed E-state index contributed by atoms with van der Waals surface area (Å²) in [5.74, 6) is 0.572. The number of nitriles is 1. The van der Waals surface area contributed by atoms with E-state index in [0.29, 0.717) is 46.9 Å². The molecule has 2 aliphatic rings. The molecule has 1 aliphatic heterocycles. The third-order valence-corrected chi connectivity index (χ3v) is 7.91. The van der Waals surface area contributed by atoms with Gasteiger partial charge < -0.3 is 5.32 Å². The third-order valence-electron chi connectivity index (χ3n) is 6.21. The smallest absolute Gasteiger partial charge is 0.324 e. The maximum Gasteiger partial charge on any atom is 0.420 e. The highest BCUT2D eigenvalue weighted by atomic mass is 32.2. The normalized spacial score (nSPS) is 19.1. The van der Waals surface area contributed by atoms with Crippen molar-refractivity contribution >= 4 is 22.4 Å². The van der Waals surface area contributed by atoms with Crippen LogP contribution < -0.4 is 10.6 Å². The van der Waals surface area contributed by atoms with Crippen LogP contribution in [0.1, 0.15) is 35.6 Å². The number of alkyl halides is 6. The van der Waals surface area contributed by atoms with Gasteiger partial charge in [0.15, 0.2) is 4.90 Å². The summed E-state index contributed by atoms with van der Waals surface area (Å²) >= 11 is 0. The Morgan fingerprint density at radius 3 is 2.23 bits per heavy atom. The first-order valence-corrected chi connectivity index (χ1v) is 12.1. The quantitative estimate of drug-likeness (QED) is 0.328. The van der Waals surface area contributed by atoms with Crippen molar-refractivity contribution in [1.82, 2.24) is 5.32 Å². The van der Waals surface area contributed by atoms with E-state index < -0.39 is 46.1 Å². The van der Waals surface area contributed by atoms with E-state index in [-0.39, 0.29) is 5.69 Å². The number of carbonyl (C=O) groups excluding carboxylic acids is 1. The van der Waals surface area contributed by atoms with E-state index in [1.54, 1.807) is 18.2 Å². The predicted octanol–water partition coefficient (Wildman–Crippen LogP) is 4.82. The molecule has 1 fully saturated rings. The van der Waals surface area contributed by atoms with Crippen LogP contribution in [0.25, 0.3) is 0 Å². The summed E-state index contributed by atoms with van der Waals surface area (Å²) in [5.41, 5.74) is -4.57. The number of thiol groups is 1. The average Bonchev–Trinajstić information content (AvgIpc) is 3.48. The van der Waals surface area contributed by atoms with Crippen molar-refractivity contribution in [1.29, 1.82) is 5.26 Å². The van der Waals surface area contributed by atoms with Gasteiger partial charge in [-0.25, -0.2) is 0 Å². The molecule has 12 heteroatoms. The van der Waals surface area contributed by atoms with Crippen LogP contribution in [0.2, 0.25) is 0 Å². The van der Waals surface area contributed by atoms with Gasteiger partial charge in [0, 0.05) is 18.2 Å². The highest BCUT2D eigenvalue weighted by molar-refractivity contribution is 7.85. The van der Waals surface area contributed by atoms with Crippen molar-refractivity contribution in [2.75, 3.05) is 11.1 Å². The van der Waals surface area contributed by atoms with E-state index in [4.69, 9.17) is 5.26 Å². The summed E-state index contributed by atoms with van der Waals surface area (Å²) in [4.78, 5) is 13.5. The third kappa shape index (κ3) is 4.67. The zero-order chi connectivity index (χ0) is 25.6. The largest absolute Gasteiger partial charge is 0.420 e. The number of halogens is 6. The molecule has 2 unspecified atom stereocenters. The van der Waals surface area contributed by atoms with Gasteiger partial charge in [0.1, 0.15) is 22.6 Å². The molecule has 0 spiro atoms. The van der Waals surface area contributed by atoms with Gasteiger partial charge in [-0.05, 0) is 53.8 Å². The second-order valence-corrected chi connectivity index (χ2v) is 10.3. The topological polar surface area (TPSA) is 82.0 Å². The van der Waals surface area contributed by atoms with Crippen LogP contribution in [0, 0.1) is 17.2 Å². The molecule has 4 rings (SSSR count). The Bertz CT molecular complexity index is 1190. The zero-order valence-electron chi connectivity index (χ0n) is 18.0. The number of nitrogens with one attached hydrogen (secondary N) is 2.